The molecule has 0 aliphatic heterocycles. The Morgan fingerprint density at radius 2 is 1.83 bits per heavy atom. The van der Waals surface area contributed by atoms with Gasteiger partial charge in [-0.15, -0.1) is 5.10 Å². The summed E-state index contributed by atoms with van der Waals surface area (Å²) in [5.41, 5.74) is 1.37. The number of nitrogens with zero attached hydrogens (tertiary/aromatic N) is 2. The first kappa shape index (κ1) is 17.1. The molecule has 0 unspecified atom stereocenters. The van der Waals surface area contributed by atoms with E-state index in [0.29, 0.717) is 15.9 Å². The van der Waals surface area contributed by atoms with Gasteiger partial charge in [0.15, 0.2) is 0 Å². The van der Waals surface area contributed by atoms with E-state index in [1.54, 1.807) is 12.1 Å². The van der Waals surface area contributed by atoms with Gasteiger partial charge < -0.3 is 9.73 Å². The second-order valence-electron chi connectivity index (χ2n) is 4.37. The van der Waals surface area contributed by atoms with Crippen molar-refractivity contribution in [1.82, 2.24) is 10.2 Å². The Bertz CT molecular complexity index is 747. The van der Waals surface area contributed by atoms with Crippen LogP contribution >= 0.6 is 15.9 Å². The molecule has 0 atom stereocenters. The van der Waals surface area contributed by atoms with Crippen LogP contribution in [0.3, 0.4) is 0 Å². The van der Waals surface area contributed by atoms with E-state index < -0.39 is 0 Å². The van der Waals surface area contributed by atoms with Crippen LogP contribution in [0.4, 0.5) is 10.4 Å². The Morgan fingerprint density at radius 1 is 1.09 bits per heavy atom. The van der Waals surface area contributed by atoms with Crippen molar-refractivity contribution in [3.05, 3.63) is 64.4 Å². The second kappa shape index (κ2) is 8.43. The summed E-state index contributed by atoms with van der Waals surface area (Å²) >= 11 is 3.22. The van der Waals surface area contributed by atoms with Crippen LogP contribution in [0.5, 0.6) is 0 Å². The maximum Gasteiger partial charge on any atom is 0.316 e. The van der Waals surface area contributed by atoms with Gasteiger partial charge in [-0.2, -0.15) is 0 Å². The molecule has 0 saturated heterocycles. The number of hydrogen-bond acceptors (Lipinski definition) is 4. The molecule has 6 heteroatoms. The van der Waals surface area contributed by atoms with Crippen molar-refractivity contribution < 1.29 is 8.81 Å². The van der Waals surface area contributed by atoms with Gasteiger partial charge in [-0.05, 0) is 24.3 Å². The molecule has 0 amide bonds. The molecule has 1 heterocycles. The molecular formula is C17H17BrFN3O. The lowest BCUT2D eigenvalue weighted by Crippen LogP contribution is -2.01. The lowest BCUT2D eigenvalue weighted by molar-refractivity contribution is 0.576. The quantitative estimate of drug-likeness (QED) is 0.672. The van der Waals surface area contributed by atoms with Crippen molar-refractivity contribution >= 4 is 21.9 Å². The van der Waals surface area contributed by atoms with E-state index in [-0.39, 0.29) is 18.4 Å². The van der Waals surface area contributed by atoms with E-state index in [0.717, 1.165) is 5.56 Å². The third kappa shape index (κ3) is 4.63. The summed E-state index contributed by atoms with van der Waals surface area (Å²) in [5, 5.41) is 10.8. The smallest absolute Gasteiger partial charge is 0.316 e. The number of anilines is 1. The number of nitrogens with one attached hydrogen (secondary N) is 1. The van der Waals surface area contributed by atoms with E-state index in [2.05, 4.69) is 31.4 Å². The summed E-state index contributed by atoms with van der Waals surface area (Å²) in [6.45, 7) is 4.27. The van der Waals surface area contributed by atoms with Crippen molar-refractivity contribution in [3.8, 4) is 11.5 Å². The molecule has 120 valence electrons. The molecule has 4 nitrogen and oxygen atoms in total. The number of halogens is 2. The van der Waals surface area contributed by atoms with Crippen LogP contribution in [0.15, 0.2) is 57.4 Å². The highest BCUT2D eigenvalue weighted by Gasteiger charge is 2.09. The second-order valence-corrected chi connectivity index (χ2v) is 5.28. The third-order valence-corrected chi connectivity index (χ3v) is 3.38. The maximum absolute atomic E-state index is 13.7. The molecule has 2 aromatic carbocycles. The predicted octanol–water partition coefficient (Wildman–Crippen LogP) is 5.28. The van der Waals surface area contributed by atoms with Gasteiger partial charge in [0.25, 0.3) is 0 Å². The lowest BCUT2D eigenvalue weighted by Gasteiger charge is -2.03. The molecule has 3 rings (SSSR count). The van der Waals surface area contributed by atoms with Gasteiger partial charge in [-0.1, -0.05) is 59.1 Å². The van der Waals surface area contributed by atoms with Crippen LogP contribution in [0.1, 0.15) is 19.4 Å². The SMILES string of the molecule is CC.Fc1cc(Br)ccc1CNc1nnc(-c2ccccc2)o1. The summed E-state index contributed by atoms with van der Waals surface area (Å²) in [4.78, 5) is 0. The summed E-state index contributed by atoms with van der Waals surface area (Å²) in [6, 6.07) is 14.6. The molecule has 3 aromatic rings. The fourth-order valence-corrected chi connectivity index (χ4v) is 2.16. The van der Waals surface area contributed by atoms with Crippen LogP contribution in [-0.2, 0) is 6.54 Å². The molecule has 0 spiro atoms. The van der Waals surface area contributed by atoms with E-state index in [1.165, 1.54) is 6.07 Å². The highest BCUT2D eigenvalue weighted by molar-refractivity contribution is 9.10. The van der Waals surface area contributed by atoms with Gasteiger partial charge in [-0.25, -0.2) is 4.39 Å². The Morgan fingerprint density at radius 3 is 2.52 bits per heavy atom. The Hall–Kier alpha value is -2.21. The average molecular weight is 378 g/mol. The zero-order valence-corrected chi connectivity index (χ0v) is 14.5. The van der Waals surface area contributed by atoms with Crippen molar-refractivity contribution in [2.24, 2.45) is 0 Å². The molecule has 0 radical (unpaired) electrons. The van der Waals surface area contributed by atoms with Crippen molar-refractivity contribution in [2.75, 3.05) is 5.32 Å². The standard InChI is InChI=1S/C15H11BrFN3O.C2H6/c16-12-7-6-11(13(17)8-12)9-18-15-20-19-14(21-15)10-4-2-1-3-5-10;1-2/h1-8H,9H2,(H,18,20);1-2H3. The first-order chi connectivity index (χ1) is 11.2. The summed E-state index contributed by atoms with van der Waals surface area (Å²) in [6.07, 6.45) is 0. The van der Waals surface area contributed by atoms with Crippen LogP contribution < -0.4 is 5.32 Å². The summed E-state index contributed by atoms with van der Waals surface area (Å²) in [5.74, 6) is 0.133. The van der Waals surface area contributed by atoms with Crippen molar-refractivity contribution in [1.29, 1.82) is 0 Å². The number of rotatable bonds is 4. The average Bonchev–Trinajstić information content (AvgIpc) is 3.06. The minimum Gasteiger partial charge on any atom is -0.403 e. The van der Waals surface area contributed by atoms with E-state index in [1.807, 2.05) is 44.2 Å². The molecule has 0 fully saturated rings. The van der Waals surface area contributed by atoms with Gasteiger partial charge >= 0.3 is 6.01 Å². The largest absolute Gasteiger partial charge is 0.403 e. The van der Waals surface area contributed by atoms with Crippen LogP contribution in [0.25, 0.3) is 11.5 Å². The maximum atomic E-state index is 13.7. The van der Waals surface area contributed by atoms with Crippen molar-refractivity contribution in [3.63, 3.8) is 0 Å². The molecule has 1 aromatic heterocycles. The first-order valence-electron chi connectivity index (χ1n) is 7.29. The predicted molar refractivity (Wildman–Crippen MR) is 92.5 cm³/mol. The minimum absolute atomic E-state index is 0.260. The van der Waals surface area contributed by atoms with Gasteiger partial charge in [0, 0.05) is 22.1 Å². The zero-order chi connectivity index (χ0) is 16.7. The lowest BCUT2D eigenvalue weighted by atomic mass is 10.2. The zero-order valence-electron chi connectivity index (χ0n) is 12.9. The Kier molecular flexibility index (Phi) is 6.29. The van der Waals surface area contributed by atoms with Gasteiger partial charge in [-0.3, -0.25) is 0 Å². The molecule has 0 aliphatic carbocycles. The van der Waals surface area contributed by atoms with Crippen LogP contribution in [0, 0.1) is 5.82 Å². The minimum atomic E-state index is -0.292. The summed E-state index contributed by atoms with van der Waals surface area (Å²) in [7, 11) is 0. The highest BCUT2D eigenvalue weighted by atomic mass is 79.9. The number of hydrogen-bond donors (Lipinski definition) is 1. The van der Waals surface area contributed by atoms with Crippen LogP contribution in [-0.4, -0.2) is 10.2 Å². The first-order valence-corrected chi connectivity index (χ1v) is 8.08. The number of benzene rings is 2. The third-order valence-electron chi connectivity index (χ3n) is 2.89. The fourth-order valence-electron chi connectivity index (χ4n) is 1.83. The molecular weight excluding hydrogens is 361 g/mol. The highest BCUT2D eigenvalue weighted by Crippen LogP contribution is 2.20. The monoisotopic (exact) mass is 377 g/mol. The van der Waals surface area contributed by atoms with E-state index in [9.17, 15) is 4.39 Å². The van der Waals surface area contributed by atoms with Crippen LogP contribution in [0.2, 0.25) is 0 Å². The van der Waals surface area contributed by atoms with Gasteiger partial charge in [0.05, 0.1) is 0 Å². The van der Waals surface area contributed by atoms with E-state index >= 15 is 0 Å². The van der Waals surface area contributed by atoms with Gasteiger partial charge in [0.2, 0.25) is 5.89 Å². The fraction of sp³-hybridized carbons (Fsp3) is 0.176. The van der Waals surface area contributed by atoms with Crippen molar-refractivity contribution in [2.45, 2.75) is 20.4 Å². The molecule has 1 N–H and O–H groups in total. The van der Waals surface area contributed by atoms with Gasteiger partial charge in [0.1, 0.15) is 5.82 Å². The normalized spacial score (nSPS) is 9.91. The Labute approximate surface area is 142 Å². The number of aromatic nitrogens is 2. The molecule has 0 saturated carbocycles. The summed E-state index contributed by atoms with van der Waals surface area (Å²) < 4.78 is 19.9. The molecule has 0 bridgehead atoms. The van der Waals surface area contributed by atoms with E-state index in [4.69, 9.17) is 4.42 Å². The molecule has 23 heavy (non-hydrogen) atoms. The topological polar surface area (TPSA) is 51.0 Å². The molecule has 0 aliphatic rings. The Balaban J connectivity index is 0.000000924.